The Morgan fingerprint density at radius 2 is 2.00 bits per heavy atom. The number of hydrogen-bond acceptors (Lipinski definition) is 4. The number of amides is 1. The van der Waals surface area contributed by atoms with Crippen molar-refractivity contribution in [3.8, 4) is 5.75 Å². The van der Waals surface area contributed by atoms with Gasteiger partial charge >= 0.3 is 0 Å². The zero-order chi connectivity index (χ0) is 15.5. The summed E-state index contributed by atoms with van der Waals surface area (Å²) in [6.45, 7) is 4.51. The number of benzene rings is 2. The number of rotatable bonds is 4. The summed E-state index contributed by atoms with van der Waals surface area (Å²) in [5.74, 6) is 0.629. The predicted molar refractivity (Wildman–Crippen MR) is 89.9 cm³/mol. The van der Waals surface area contributed by atoms with Crippen LogP contribution in [-0.2, 0) is 0 Å². The molecule has 3 rings (SSSR count). The van der Waals surface area contributed by atoms with Crippen LogP contribution in [0.1, 0.15) is 22.3 Å². The molecule has 1 amide bonds. The monoisotopic (exact) mass is 312 g/mol. The third-order valence-electron chi connectivity index (χ3n) is 3.18. The molecule has 2 aromatic carbocycles. The van der Waals surface area contributed by atoms with Crippen LogP contribution in [0.5, 0.6) is 5.75 Å². The Hall–Kier alpha value is -2.40. The van der Waals surface area contributed by atoms with Gasteiger partial charge in [-0.2, -0.15) is 0 Å². The van der Waals surface area contributed by atoms with Crippen LogP contribution in [0.4, 0.5) is 5.69 Å². The van der Waals surface area contributed by atoms with Gasteiger partial charge in [-0.05, 0) is 56.3 Å². The van der Waals surface area contributed by atoms with Gasteiger partial charge in [0.1, 0.15) is 5.75 Å². The molecule has 0 aliphatic heterocycles. The number of fused-ring (bicyclic) bond motifs is 1. The van der Waals surface area contributed by atoms with E-state index in [0.717, 1.165) is 26.7 Å². The van der Waals surface area contributed by atoms with Crippen molar-refractivity contribution in [2.24, 2.45) is 0 Å². The van der Waals surface area contributed by atoms with Crippen molar-refractivity contribution in [3.63, 3.8) is 0 Å². The molecule has 0 unspecified atom stereocenters. The van der Waals surface area contributed by atoms with E-state index in [4.69, 9.17) is 4.74 Å². The van der Waals surface area contributed by atoms with Crippen molar-refractivity contribution in [1.29, 1.82) is 0 Å². The molecule has 5 heteroatoms. The molecule has 0 atom stereocenters. The Labute approximate surface area is 132 Å². The number of thiazole rings is 1. The molecule has 0 radical (unpaired) electrons. The van der Waals surface area contributed by atoms with Crippen LogP contribution < -0.4 is 10.1 Å². The first-order chi connectivity index (χ1) is 10.7. The first-order valence-electron chi connectivity index (χ1n) is 7.07. The Morgan fingerprint density at radius 1 is 1.23 bits per heavy atom. The van der Waals surface area contributed by atoms with Gasteiger partial charge in [0, 0.05) is 11.3 Å². The maximum absolute atomic E-state index is 12.3. The summed E-state index contributed by atoms with van der Waals surface area (Å²) >= 11 is 1.62. The largest absolute Gasteiger partial charge is 0.494 e. The standard InChI is InChI=1S/C17H16N2O2S/c1-3-21-14-7-4-12(5-8-14)17(20)19-13-6-9-15-16(10-13)22-11(2)18-15/h4-10H,3H2,1-2H3,(H,19,20). The van der Waals surface area contributed by atoms with E-state index in [1.54, 1.807) is 35.6 Å². The Balaban J connectivity index is 1.76. The van der Waals surface area contributed by atoms with E-state index >= 15 is 0 Å². The molecule has 4 nitrogen and oxygen atoms in total. The second-order valence-corrected chi connectivity index (χ2v) is 6.06. The van der Waals surface area contributed by atoms with Crippen molar-refractivity contribution in [2.75, 3.05) is 11.9 Å². The van der Waals surface area contributed by atoms with E-state index < -0.39 is 0 Å². The SMILES string of the molecule is CCOc1ccc(C(=O)Nc2ccc3nc(C)sc3c2)cc1. The Morgan fingerprint density at radius 3 is 2.73 bits per heavy atom. The molecule has 1 aromatic heterocycles. The third-order valence-corrected chi connectivity index (χ3v) is 4.11. The minimum atomic E-state index is -0.136. The number of carbonyl (C=O) groups is 1. The third kappa shape index (κ3) is 3.09. The summed E-state index contributed by atoms with van der Waals surface area (Å²) in [6.07, 6.45) is 0. The second-order valence-electron chi connectivity index (χ2n) is 4.83. The minimum Gasteiger partial charge on any atom is -0.494 e. The first-order valence-corrected chi connectivity index (χ1v) is 7.89. The number of nitrogens with one attached hydrogen (secondary N) is 1. The molecule has 1 N–H and O–H groups in total. The van der Waals surface area contributed by atoms with E-state index in [9.17, 15) is 4.79 Å². The number of ether oxygens (including phenoxy) is 1. The van der Waals surface area contributed by atoms with E-state index in [-0.39, 0.29) is 5.91 Å². The lowest BCUT2D eigenvalue weighted by molar-refractivity contribution is 0.102. The molecule has 22 heavy (non-hydrogen) atoms. The molecule has 0 aliphatic carbocycles. The summed E-state index contributed by atoms with van der Waals surface area (Å²) in [5, 5.41) is 3.93. The normalized spacial score (nSPS) is 10.6. The molecule has 0 saturated heterocycles. The van der Waals surface area contributed by atoms with Gasteiger partial charge in [-0.1, -0.05) is 0 Å². The lowest BCUT2D eigenvalue weighted by Crippen LogP contribution is -2.11. The number of anilines is 1. The zero-order valence-corrected chi connectivity index (χ0v) is 13.2. The number of nitrogens with zero attached hydrogens (tertiary/aromatic N) is 1. The highest BCUT2D eigenvalue weighted by atomic mass is 32.1. The fourth-order valence-electron chi connectivity index (χ4n) is 2.19. The summed E-state index contributed by atoms with van der Waals surface area (Å²) in [5.41, 5.74) is 2.33. The van der Waals surface area contributed by atoms with Crippen LogP contribution in [0.25, 0.3) is 10.2 Å². The van der Waals surface area contributed by atoms with E-state index in [1.165, 1.54) is 0 Å². The maximum atomic E-state index is 12.3. The van der Waals surface area contributed by atoms with Crippen molar-refractivity contribution < 1.29 is 9.53 Å². The Bertz CT molecular complexity index is 809. The molecule has 0 spiro atoms. The number of aryl methyl sites for hydroxylation is 1. The van der Waals surface area contributed by atoms with Crippen LogP contribution in [-0.4, -0.2) is 17.5 Å². The highest BCUT2D eigenvalue weighted by molar-refractivity contribution is 7.18. The number of hydrogen-bond donors (Lipinski definition) is 1. The molecule has 0 aliphatic rings. The fraction of sp³-hybridized carbons (Fsp3) is 0.176. The van der Waals surface area contributed by atoms with Crippen LogP contribution in [0, 0.1) is 6.92 Å². The minimum absolute atomic E-state index is 0.136. The Kier molecular flexibility index (Phi) is 4.06. The summed E-state index contributed by atoms with van der Waals surface area (Å²) in [4.78, 5) is 16.7. The highest BCUT2D eigenvalue weighted by Gasteiger charge is 2.08. The van der Waals surface area contributed by atoms with Gasteiger partial charge in [0.25, 0.3) is 5.91 Å². The molecule has 0 fully saturated rings. The fourth-order valence-corrected chi connectivity index (χ4v) is 3.06. The summed E-state index contributed by atoms with van der Waals surface area (Å²) in [6, 6.07) is 12.9. The topological polar surface area (TPSA) is 51.2 Å². The smallest absolute Gasteiger partial charge is 0.255 e. The van der Waals surface area contributed by atoms with Gasteiger partial charge in [-0.25, -0.2) is 4.98 Å². The van der Waals surface area contributed by atoms with Crippen molar-refractivity contribution in [2.45, 2.75) is 13.8 Å². The number of carbonyl (C=O) groups excluding carboxylic acids is 1. The molecular weight excluding hydrogens is 296 g/mol. The van der Waals surface area contributed by atoms with Crippen LogP contribution in [0.3, 0.4) is 0 Å². The van der Waals surface area contributed by atoms with Gasteiger partial charge in [-0.3, -0.25) is 4.79 Å². The average molecular weight is 312 g/mol. The molecule has 1 heterocycles. The van der Waals surface area contributed by atoms with E-state index in [1.807, 2.05) is 32.0 Å². The maximum Gasteiger partial charge on any atom is 0.255 e. The van der Waals surface area contributed by atoms with Crippen LogP contribution in [0.2, 0.25) is 0 Å². The van der Waals surface area contributed by atoms with E-state index in [2.05, 4.69) is 10.3 Å². The zero-order valence-electron chi connectivity index (χ0n) is 12.4. The average Bonchev–Trinajstić information content (AvgIpc) is 2.87. The molecule has 0 saturated carbocycles. The molecule has 112 valence electrons. The predicted octanol–water partition coefficient (Wildman–Crippen LogP) is 4.26. The van der Waals surface area contributed by atoms with Gasteiger partial charge in [0.05, 0.1) is 21.8 Å². The molecule has 0 bridgehead atoms. The highest BCUT2D eigenvalue weighted by Crippen LogP contribution is 2.25. The van der Waals surface area contributed by atoms with E-state index in [0.29, 0.717) is 12.2 Å². The van der Waals surface area contributed by atoms with Gasteiger partial charge < -0.3 is 10.1 Å². The lowest BCUT2D eigenvalue weighted by Gasteiger charge is -2.07. The van der Waals surface area contributed by atoms with Crippen molar-refractivity contribution in [1.82, 2.24) is 4.98 Å². The summed E-state index contributed by atoms with van der Waals surface area (Å²) in [7, 11) is 0. The quantitative estimate of drug-likeness (QED) is 0.783. The van der Waals surface area contributed by atoms with Gasteiger partial charge in [-0.15, -0.1) is 11.3 Å². The van der Waals surface area contributed by atoms with Crippen molar-refractivity contribution in [3.05, 3.63) is 53.0 Å². The number of aromatic nitrogens is 1. The molecule has 3 aromatic rings. The van der Waals surface area contributed by atoms with Crippen LogP contribution in [0.15, 0.2) is 42.5 Å². The molecular formula is C17H16N2O2S. The summed E-state index contributed by atoms with van der Waals surface area (Å²) < 4.78 is 6.44. The lowest BCUT2D eigenvalue weighted by atomic mass is 10.2. The van der Waals surface area contributed by atoms with Crippen molar-refractivity contribution >= 4 is 33.1 Å². The van der Waals surface area contributed by atoms with Gasteiger partial charge in [0.15, 0.2) is 0 Å². The second kappa shape index (κ2) is 6.15. The van der Waals surface area contributed by atoms with Gasteiger partial charge in [0.2, 0.25) is 0 Å². The van der Waals surface area contributed by atoms with Crippen LogP contribution >= 0.6 is 11.3 Å². The first kappa shape index (κ1) is 14.5.